The zero-order valence-electron chi connectivity index (χ0n) is 23.7. The van der Waals surface area contributed by atoms with Gasteiger partial charge in [0, 0.05) is 35.4 Å². The molecule has 1 aliphatic carbocycles. The van der Waals surface area contributed by atoms with Crippen molar-refractivity contribution < 1.29 is 28.6 Å². The third-order valence-electron chi connectivity index (χ3n) is 7.42. The summed E-state index contributed by atoms with van der Waals surface area (Å²) in [6.07, 6.45) is 8.94. The van der Waals surface area contributed by atoms with E-state index in [0.717, 1.165) is 35.1 Å². The third kappa shape index (κ3) is 6.38. The van der Waals surface area contributed by atoms with Crippen molar-refractivity contribution in [2.45, 2.75) is 25.3 Å². The highest BCUT2D eigenvalue weighted by molar-refractivity contribution is 6.31. The van der Waals surface area contributed by atoms with E-state index in [1.165, 1.54) is 30.4 Å². The van der Waals surface area contributed by atoms with Gasteiger partial charge in [-0.2, -0.15) is 9.78 Å². The number of nitrogens with zero attached hydrogens (tertiary/aromatic N) is 7. The summed E-state index contributed by atoms with van der Waals surface area (Å²) < 4.78 is 29.4. The van der Waals surface area contributed by atoms with Crippen LogP contribution in [0.3, 0.4) is 0 Å². The van der Waals surface area contributed by atoms with E-state index in [-0.39, 0.29) is 23.2 Å². The van der Waals surface area contributed by atoms with Crippen LogP contribution in [0, 0.1) is 11.7 Å². The quantitative estimate of drug-likeness (QED) is 0.119. The lowest BCUT2D eigenvalue weighted by atomic mass is 10.0. The number of rotatable bonds is 11. The Balaban J connectivity index is 1.26. The first-order chi connectivity index (χ1) is 21.4. The number of ether oxygens (including phenoxy) is 2. The molecule has 14 heteroatoms. The molecule has 5 aromatic rings. The van der Waals surface area contributed by atoms with E-state index in [0.29, 0.717) is 35.2 Å². The van der Waals surface area contributed by atoms with Gasteiger partial charge in [0.1, 0.15) is 19.0 Å². The summed E-state index contributed by atoms with van der Waals surface area (Å²) in [7, 11) is 1.54. The maximum Gasteiger partial charge on any atom is 0.411 e. The number of aromatic nitrogens is 7. The number of amides is 1. The number of benzene rings is 2. The van der Waals surface area contributed by atoms with Gasteiger partial charge in [-0.1, -0.05) is 36.6 Å². The predicted octanol–water partition coefficient (Wildman–Crippen LogP) is 5.09. The first-order valence-corrected chi connectivity index (χ1v) is 14.3. The van der Waals surface area contributed by atoms with Crippen molar-refractivity contribution in [3.8, 4) is 27.9 Å². The molecule has 226 valence electrons. The van der Waals surface area contributed by atoms with Crippen LogP contribution in [0.5, 0.6) is 0 Å². The average Bonchev–Trinajstić information content (AvgIpc) is 3.45. The Morgan fingerprint density at radius 3 is 2.64 bits per heavy atom. The molecule has 1 saturated carbocycles. The second kappa shape index (κ2) is 12.8. The average molecular weight is 620 g/mol. The topological polar surface area (TPSA) is 133 Å². The Morgan fingerprint density at radius 1 is 1.14 bits per heavy atom. The van der Waals surface area contributed by atoms with Crippen molar-refractivity contribution in [1.29, 1.82) is 0 Å². The molecule has 0 bridgehead atoms. The monoisotopic (exact) mass is 619 g/mol. The summed E-state index contributed by atoms with van der Waals surface area (Å²) in [6, 6.07) is 13.6. The third-order valence-corrected chi connectivity index (χ3v) is 7.71. The van der Waals surface area contributed by atoms with Crippen molar-refractivity contribution in [2.24, 2.45) is 5.92 Å². The molecule has 0 aliphatic heterocycles. The van der Waals surface area contributed by atoms with Crippen molar-refractivity contribution >= 4 is 23.4 Å². The number of nitrogens with one attached hydrogen (secondary N) is 1. The lowest BCUT2D eigenvalue weighted by molar-refractivity contribution is -0.910. The molecule has 2 aromatic carbocycles. The minimum Gasteiger partial charge on any atom is -0.447 e. The van der Waals surface area contributed by atoms with Crippen LogP contribution in [-0.2, 0) is 9.47 Å². The Bertz CT molecular complexity index is 1760. The normalized spacial score (nSPS) is 13.5. The van der Waals surface area contributed by atoms with Crippen LogP contribution in [0.15, 0.2) is 73.4 Å². The van der Waals surface area contributed by atoms with Crippen LogP contribution in [0.4, 0.5) is 14.9 Å². The zero-order chi connectivity index (χ0) is 30.6. The number of hydrogen-bond donors (Lipinski definition) is 2. The van der Waals surface area contributed by atoms with Gasteiger partial charge in [0.15, 0.2) is 5.82 Å². The molecule has 0 saturated heterocycles. The van der Waals surface area contributed by atoms with Crippen molar-refractivity contribution in [2.75, 3.05) is 25.6 Å². The zero-order valence-corrected chi connectivity index (χ0v) is 24.4. The highest BCUT2D eigenvalue weighted by Gasteiger charge is 2.34. The number of hydrogen-bond acceptors (Lipinski definition) is 8. The fourth-order valence-corrected chi connectivity index (χ4v) is 5.16. The van der Waals surface area contributed by atoms with Gasteiger partial charge in [-0.05, 0) is 58.7 Å². The summed E-state index contributed by atoms with van der Waals surface area (Å²) in [5.74, 6) is -0.138. The van der Waals surface area contributed by atoms with Crippen molar-refractivity contribution in [1.82, 2.24) is 30.0 Å². The summed E-state index contributed by atoms with van der Waals surface area (Å²) in [5.41, 5.74) is 3.88. The molecule has 1 fully saturated rings. The highest BCUT2D eigenvalue weighted by atomic mass is 35.5. The van der Waals surface area contributed by atoms with Crippen molar-refractivity contribution in [3.05, 3.63) is 90.0 Å². The molecule has 3 aromatic heterocycles. The van der Waals surface area contributed by atoms with Crippen LogP contribution < -0.4 is 10.0 Å². The highest BCUT2D eigenvalue weighted by Crippen LogP contribution is 2.39. The summed E-state index contributed by atoms with van der Waals surface area (Å²) in [5, 5.41) is 29.7. The Labute approximate surface area is 256 Å². The largest absolute Gasteiger partial charge is 0.447 e. The number of methoxy groups -OCH3 is 1. The number of carbonyl (C=O) groups is 1. The Hall–Kier alpha value is -4.88. The van der Waals surface area contributed by atoms with Crippen LogP contribution in [0.2, 0.25) is 5.02 Å². The molecule has 1 amide bonds. The SMILES string of the molecule is COCCOC(=O)Nc1ccc(-c2cnn(C(CC3CC3)c3ccc(-c4c(-n5cnnn5)ccc(Cl)c4F)c[n+]3O)c2)cc1. The minimum atomic E-state index is -0.650. The number of tetrazole rings is 1. The number of pyridine rings is 1. The maximum atomic E-state index is 15.3. The lowest BCUT2D eigenvalue weighted by Gasteiger charge is -2.15. The van der Waals surface area contributed by atoms with Crippen LogP contribution in [0.1, 0.15) is 31.0 Å². The molecule has 1 unspecified atom stereocenters. The molecule has 44 heavy (non-hydrogen) atoms. The van der Waals surface area contributed by atoms with Gasteiger partial charge in [0.25, 0.3) is 5.69 Å². The molecular formula is C30H29ClFN8O4+. The Kier molecular flexibility index (Phi) is 8.48. The van der Waals surface area contributed by atoms with Gasteiger partial charge in [0.2, 0.25) is 6.20 Å². The molecule has 2 N–H and O–H groups in total. The van der Waals surface area contributed by atoms with Gasteiger partial charge < -0.3 is 9.47 Å². The van der Waals surface area contributed by atoms with E-state index in [9.17, 15) is 10.0 Å². The molecule has 0 spiro atoms. The summed E-state index contributed by atoms with van der Waals surface area (Å²) in [4.78, 5) is 11.9. The van der Waals surface area contributed by atoms with Crippen molar-refractivity contribution in [3.63, 3.8) is 0 Å². The van der Waals surface area contributed by atoms with Crippen LogP contribution in [-0.4, -0.2) is 61.6 Å². The van der Waals surface area contributed by atoms with Gasteiger partial charge in [-0.3, -0.25) is 15.2 Å². The summed E-state index contributed by atoms with van der Waals surface area (Å²) >= 11 is 6.12. The van der Waals surface area contributed by atoms with E-state index in [4.69, 9.17) is 21.1 Å². The van der Waals surface area contributed by atoms with E-state index < -0.39 is 11.9 Å². The van der Waals surface area contributed by atoms with Crippen LogP contribution >= 0.6 is 11.6 Å². The maximum absolute atomic E-state index is 15.3. The standard InChI is InChI=1S/C30H28ClFN8O4/c1-43-12-13-44-30(41)35-23-7-4-20(5-8-23)22-15-34-38(16-22)27(14-19-2-3-19)25-10-6-21(17-40(25)42)28-26(39-18-33-36-37-39)11-9-24(31)29(28)32/h4-11,15-19,27H,2-3,12-14H2,1H3,(H-,35,41,42)/p+1. The molecule has 6 rings (SSSR count). The van der Waals surface area contributed by atoms with Gasteiger partial charge in [-0.25, -0.2) is 9.18 Å². The van der Waals surface area contributed by atoms with E-state index >= 15 is 4.39 Å². The summed E-state index contributed by atoms with van der Waals surface area (Å²) in [6.45, 7) is 0.485. The predicted molar refractivity (Wildman–Crippen MR) is 157 cm³/mol. The van der Waals surface area contributed by atoms with E-state index in [1.54, 1.807) is 36.5 Å². The van der Waals surface area contributed by atoms with E-state index in [1.807, 2.05) is 23.0 Å². The number of anilines is 1. The van der Waals surface area contributed by atoms with Gasteiger partial charge in [0.05, 0.1) is 34.6 Å². The number of halogens is 2. The fourth-order valence-electron chi connectivity index (χ4n) is 5.00. The molecule has 1 atom stereocenters. The Morgan fingerprint density at radius 2 is 1.93 bits per heavy atom. The van der Waals surface area contributed by atoms with E-state index in [2.05, 4.69) is 25.9 Å². The van der Waals surface area contributed by atoms with Gasteiger partial charge >= 0.3 is 6.09 Å². The second-order valence-electron chi connectivity index (χ2n) is 10.4. The van der Waals surface area contributed by atoms with Gasteiger partial charge in [-0.15, -0.1) is 5.10 Å². The first-order valence-electron chi connectivity index (χ1n) is 13.9. The molecule has 1 aliphatic rings. The smallest absolute Gasteiger partial charge is 0.411 e. The number of carbonyl (C=O) groups excluding carboxylic acids is 1. The second-order valence-corrected chi connectivity index (χ2v) is 10.8. The lowest BCUT2D eigenvalue weighted by Crippen LogP contribution is -2.38. The first kappa shape index (κ1) is 29.2. The minimum absolute atomic E-state index is 0.0631. The molecular weight excluding hydrogens is 591 g/mol. The molecule has 3 heterocycles. The molecule has 12 nitrogen and oxygen atoms in total. The molecule has 0 radical (unpaired) electrons. The fraction of sp³-hybridized carbons (Fsp3) is 0.267. The van der Waals surface area contributed by atoms with Crippen LogP contribution in [0.25, 0.3) is 27.9 Å².